The molecular formula is C11H15NO2. The van der Waals surface area contributed by atoms with E-state index in [9.17, 15) is 4.79 Å². The zero-order valence-corrected chi connectivity index (χ0v) is 8.70. The molecule has 0 heterocycles. The first kappa shape index (κ1) is 10.9. The molecule has 0 saturated heterocycles. The third-order valence-corrected chi connectivity index (χ3v) is 2.12. The molecular weight excluding hydrogens is 178 g/mol. The number of benzene rings is 1. The van der Waals surface area contributed by atoms with Gasteiger partial charge in [-0.3, -0.25) is 10.1 Å². The van der Waals surface area contributed by atoms with Gasteiger partial charge in [0.1, 0.15) is 6.23 Å². The van der Waals surface area contributed by atoms with Gasteiger partial charge >= 0.3 is 0 Å². The summed E-state index contributed by atoms with van der Waals surface area (Å²) < 4.78 is 5.21. The van der Waals surface area contributed by atoms with Crippen molar-refractivity contribution in [3.63, 3.8) is 0 Å². The van der Waals surface area contributed by atoms with E-state index in [1.165, 1.54) is 0 Å². The smallest absolute Gasteiger partial charge is 0.160 e. The number of rotatable bonds is 4. The molecule has 0 aliphatic carbocycles. The maximum atomic E-state index is 11.3. The standard InChI is InChI=1S/C11H15NO2/c1-8(13)9-6-4-5-7-10(9)11(12-2)14-3/h4-7,11-12H,1-3H3. The van der Waals surface area contributed by atoms with Gasteiger partial charge in [0.15, 0.2) is 5.78 Å². The lowest BCUT2D eigenvalue weighted by Gasteiger charge is -2.17. The number of carbonyl (C=O) groups excluding carboxylic acids is 1. The van der Waals surface area contributed by atoms with Crippen molar-refractivity contribution in [1.82, 2.24) is 5.32 Å². The number of ketones is 1. The Morgan fingerprint density at radius 2 is 2.07 bits per heavy atom. The van der Waals surface area contributed by atoms with E-state index in [0.717, 1.165) is 5.56 Å². The molecule has 1 aromatic carbocycles. The molecule has 0 bridgehead atoms. The first-order chi connectivity index (χ1) is 6.70. The van der Waals surface area contributed by atoms with Crippen molar-refractivity contribution in [2.45, 2.75) is 13.2 Å². The molecule has 0 amide bonds. The lowest BCUT2D eigenvalue weighted by molar-refractivity contribution is 0.0786. The Labute approximate surface area is 84.1 Å². The predicted molar refractivity (Wildman–Crippen MR) is 55.3 cm³/mol. The van der Waals surface area contributed by atoms with Crippen molar-refractivity contribution < 1.29 is 9.53 Å². The first-order valence-electron chi connectivity index (χ1n) is 4.50. The summed E-state index contributed by atoms with van der Waals surface area (Å²) in [5.41, 5.74) is 1.58. The van der Waals surface area contributed by atoms with Crippen LogP contribution < -0.4 is 5.32 Å². The van der Waals surface area contributed by atoms with Gasteiger partial charge in [-0.15, -0.1) is 0 Å². The highest BCUT2D eigenvalue weighted by molar-refractivity contribution is 5.95. The Morgan fingerprint density at radius 1 is 1.43 bits per heavy atom. The van der Waals surface area contributed by atoms with Crippen LogP contribution in [0.2, 0.25) is 0 Å². The number of hydrogen-bond donors (Lipinski definition) is 1. The second-order valence-electron chi connectivity index (χ2n) is 3.05. The highest BCUT2D eigenvalue weighted by atomic mass is 16.5. The molecule has 1 N–H and O–H groups in total. The molecule has 1 aromatic rings. The van der Waals surface area contributed by atoms with Crippen molar-refractivity contribution in [2.75, 3.05) is 14.2 Å². The number of methoxy groups -OCH3 is 1. The van der Waals surface area contributed by atoms with Crippen molar-refractivity contribution >= 4 is 5.78 Å². The van der Waals surface area contributed by atoms with E-state index in [4.69, 9.17) is 4.74 Å². The number of hydrogen-bond acceptors (Lipinski definition) is 3. The molecule has 3 heteroatoms. The van der Waals surface area contributed by atoms with Crippen LogP contribution in [0.15, 0.2) is 24.3 Å². The molecule has 0 aliphatic rings. The van der Waals surface area contributed by atoms with Gasteiger partial charge in [0.05, 0.1) is 0 Å². The second kappa shape index (κ2) is 4.88. The molecule has 14 heavy (non-hydrogen) atoms. The third kappa shape index (κ3) is 2.19. The van der Waals surface area contributed by atoms with Crippen molar-refractivity contribution in [3.05, 3.63) is 35.4 Å². The van der Waals surface area contributed by atoms with Crippen LogP contribution in [0.5, 0.6) is 0 Å². The van der Waals surface area contributed by atoms with Crippen LogP contribution in [0.4, 0.5) is 0 Å². The average molecular weight is 193 g/mol. The molecule has 1 atom stereocenters. The number of carbonyl (C=O) groups is 1. The van der Waals surface area contributed by atoms with E-state index in [1.54, 1.807) is 27.1 Å². The van der Waals surface area contributed by atoms with Gasteiger partial charge in [0.2, 0.25) is 0 Å². The fraction of sp³-hybridized carbons (Fsp3) is 0.364. The summed E-state index contributed by atoms with van der Waals surface area (Å²) in [5.74, 6) is 0.0536. The molecule has 0 radical (unpaired) electrons. The summed E-state index contributed by atoms with van der Waals surface area (Å²) in [4.78, 5) is 11.3. The minimum Gasteiger partial charge on any atom is -0.362 e. The third-order valence-electron chi connectivity index (χ3n) is 2.12. The number of nitrogens with one attached hydrogen (secondary N) is 1. The number of ether oxygens (including phenoxy) is 1. The fourth-order valence-electron chi connectivity index (χ4n) is 1.45. The quantitative estimate of drug-likeness (QED) is 0.585. The van der Waals surface area contributed by atoms with Crippen LogP contribution in [0, 0.1) is 0 Å². The molecule has 1 rings (SSSR count). The Balaban J connectivity index is 3.11. The Hall–Kier alpha value is -1.19. The van der Waals surface area contributed by atoms with Crippen LogP contribution in [-0.2, 0) is 4.74 Å². The Bertz CT molecular complexity index is 319. The van der Waals surface area contributed by atoms with Gasteiger partial charge in [0.25, 0.3) is 0 Å². The van der Waals surface area contributed by atoms with Crippen LogP contribution >= 0.6 is 0 Å². The molecule has 0 aliphatic heterocycles. The minimum absolute atomic E-state index is 0.0536. The van der Waals surface area contributed by atoms with Crippen molar-refractivity contribution in [1.29, 1.82) is 0 Å². The summed E-state index contributed by atoms with van der Waals surface area (Å²) >= 11 is 0. The van der Waals surface area contributed by atoms with Crippen molar-refractivity contribution in [3.8, 4) is 0 Å². The van der Waals surface area contributed by atoms with Crippen LogP contribution in [-0.4, -0.2) is 19.9 Å². The highest BCUT2D eigenvalue weighted by Gasteiger charge is 2.14. The maximum absolute atomic E-state index is 11.3. The van der Waals surface area contributed by atoms with E-state index in [1.807, 2.05) is 18.2 Å². The lowest BCUT2D eigenvalue weighted by Crippen LogP contribution is -2.20. The first-order valence-corrected chi connectivity index (χ1v) is 4.50. The Kier molecular flexibility index (Phi) is 3.80. The molecule has 0 aromatic heterocycles. The van der Waals surface area contributed by atoms with Crippen LogP contribution in [0.3, 0.4) is 0 Å². The van der Waals surface area contributed by atoms with E-state index in [2.05, 4.69) is 5.32 Å². The lowest BCUT2D eigenvalue weighted by atomic mass is 10.0. The summed E-state index contributed by atoms with van der Waals surface area (Å²) in [5, 5.41) is 2.99. The normalized spacial score (nSPS) is 12.5. The van der Waals surface area contributed by atoms with E-state index >= 15 is 0 Å². The van der Waals surface area contributed by atoms with Crippen LogP contribution in [0.25, 0.3) is 0 Å². The fourth-order valence-corrected chi connectivity index (χ4v) is 1.45. The molecule has 3 nitrogen and oxygen atoms in total. The zero-order valence-electron chi connectivity index (χ0n) is 8.70. The van der Waals surface area contributed by atoms with E-state index < -0.39 is 0 Å². The summed E-state index contributed by atoms with van der Waals surface area (Å²) in [7, 11) is 3.41. The largest absolute Gasteiger partial charge is 0.362 e. The van der Waals surface area contributed by atoms with Gasteiger partial charge in [-0.05, 0) is 14.0 Å². The minimum atomic E-state index is -0.227. The van der Waals surface area contributed by atoms with Crippen molar-refractivity contribution in [2.24, 2.45) is 0 Å². The second-order valence-corrected chi connectivity index (χ2v) is 3.05. The molecule has 1 unspecified atom stereocenters. The average Bonchev–Trinajstić information content (AvgIpc) is 2.20. The summed E-state index contributed by atoms with van der Waals surface area (Å²) in [6, 6.07) is 7.44. The molecule has 0 saturated carbocycles. The highest BCUT2D eigenvalue weighted by Crippen LogP contribution is 2.18. The van der Waals surface area contributed by atoms with Gasteiger partial charge in [-0.1, -0.05) is 24.3 Å². The topological polar surface area (TPSA) is 38.3 Å². The molecule has 0 fully saturated rings. The SMILES string of the molecule is CNC(OC)c1ccccc1C(C)=O. The van der Waals surface area contributed by atoms with Gasteiger partial charge in [-0.25, -0.2) is 0 Å². The maximum Gasteiger partial charge on any atom is 0.160 e. The number of Topliss-reactive ketones (excluding diaryl/α,β-unsaturated/α-hetero) is 1. The van der Waals surface area contributed by atoms with Crippen LogP contribution in [0.1, 0.15) is 29.1 Å². The van der Waals surface area contributed by atoms with Gasteiger partial charge in [0, 0.05) is 18.2 Å². The van der Waals surface area contributed by atoms with Gasteiger partial charge < -0.3 is 4.74 Å². The summed E-state index contributed by atoms with van der Waals surface area (Å²) in [6.07, 6.45) is -0.227. The van der Waals surface area contributed by atoms with E-state index in [-0.39, 0.29) is 12.0 Å². The molecule has 76 valence electrons. The van der Waals surface area contributed by atoms with Gasteiger partial charge in [-0.2, -0.15) is 0 Å². The summed E-state index contributed by atoms with van der Waals surface area (Å²) in [6.45, 7) is 1.56. The predicted octanol–water partition coefficient (Wildman–Crippen LogP) is 1.75. The monoisotopic (exact) mass is 193 g/mol. The molecule has 0 spiro atoms. The Morgan fingerprint density at radius 3 is 2.57 bits per heavy atom. The zero-order chi connectivity index (χ0) is 10.6. The van der Waals surface area contributed by atoms with E-state index in [0.29, 0.717) is 5.56 Å².